The smallest absolute Gasteiger partial charge is 0.238 e. The lowest BCUT2D eigenvalue weighted by Gasteiger charge is -2.41. The zero-order valence-corrected chi connectivity index (χ0v) is 12.9. The molecule has 5 rings (SSSR count). The van der Waals surface area contributed by atoms with Gasteiger partial charge in [0.1, 0.15) is 5.78 Å². The van der Waals surface area contributed by atoms with Crippen LogP contribution in [-0.2, 0) is 14.4 Å². The van der Waals surface area contributed by atoms with Crippen LogP contribution in [0.4, 0.5) is 5.69 Å². The van der Waals surface area contributed by atoms with E-state index in [2.05, 4.69) is 15.9 Å². The van der Waals surface area contributed by atoms with Gasteiger partial charge in [-0.1, -0.05) is 15.9 Å². The van der Waals surface area contributed by atoms with E-state index >= 15 is 0 Å². The quantitative estimate of drug-likeness (QED) is 0.733. The second-order valence-electron chi connectivity index (χ2n) is 6.15. The summed E-state index contributed by atoms with van der Waals surface area (Å²) < 4.78 is 0.901. The third-order valence-electron chi connectivity index (χ3n) is 5.15. The van der Waals surface area contributed by atoms with Crippen LogP contribution in [-0.4, -0.2) is 17.6 Å². The van der Waals surface area contributed by atoms with Crippen molar-refractivity contribution < 1.29 is 14.4 Å². The summed E-state index contributed by atoms with van der Waals surface area (Å²) in [6.07, 6.45) is 2.13. The van der Waals surface area contributed by atoms with Gasteiger partial charge in [-0.2, -0.15) is 0 Å². The molecule has 0 radical (unpaired) electrons. The van der Waals surface area contributed by atoms with Crippen LogP contribution in [0.15, 0.2) is 28.7 Å². The number of hydrogen-bond donors (Lipinski definition) is 0. The SMILES string of the molecule is O=C1CC2CCC1C1C(=O)N(c3ccc(Br)cc3)C(=O)C21. The van der Waals surface area contributed by atoms with Crippen molar-refractivity contribution in [1.82, 2.24) is 0 Å². The molecule has 1 aliphatic heterocycles. The fourth-order valence-corrected chi connectivity index (χ4v) is 4.49. The van der Waals surface area contributed by atoms with Gasteiger partial charge in [0.2, 0.25) is 11.8 Å². The van der Waals surface area contributed by atoms with Crippen molar-refractivity contribution in [2.75, 3.05) is 4.90 Å². The molecule has 4 nitrogen and oxygen atoms in total. The number of fused-ring (bicyclic) bond motifs is 2. The number of nitrogens with zero attached hydrogens (tertiary/aromatic N) is 1. The third-order valence-corrected chi connectivity index (χ3v) is 5.68. The molecule has 3 aliphatic carbocycles. The highest BCUT2D eigenvalue weighted by Crippen LogP contribution is 2.52. The van der Waals surface area contributed by atoms with Gasteiger partial charge in [-0.05, 0) is 43.0 Å². The number of benzene rings is 1. The molecule has 1 aromatic rings. The number of hydrogen-bond acceptors (Lipinski definition) is 3. The van der Waals surface area contributed by atoms with Crippen molar-refractivity contribution in [1.29, 1.82) is 0 Å². The fourth-order valence-electron chi connectivity index (χ4n) is 4.23. The van der Waals surface area contributed by atoms with E-state index < -0.39 is 5.92 Å². The monoisotopic (exact) mass is 347 g/mol. The molecule has 1 saturated heterocycles. The molecule has 3 saturated carbocycles. The second kappa shape index (κ2) is 4.50. The predicted molar refractivity (Wildman–Crippen MR) is 79.5 cm³/mol. The number of carbonyl (C=O) groups excluding carboxylic acids is 3. The summed E-state index contributed by atoms with van der Waals surface area (Å²) in [5.41, 5.74) is 0.606. The first-order chi connectivity index (χ1) is 10.1. The molecule has 1 aromatic carbocycles. The Balaban J connectivity index is 1.75. The van der Waals surface area contributed by atoms with E-state index in [0.29, 0.717) is 12.1 Å². The fraction of sp³-hybridized carbons (Fsp3) is 0.438. The standard InChI is InChI=1S/C16H14BrNO3/c17-9-2-4-10(5-3-9)18-15(20)13-8-1-6-11(12(19)7-8)14(13)16(18)21/h2-5,8,11,13-14H,1,6-7H2. The van der Waals surface area contributed by atoms with Crippen molar-refractivity contribution in [3.8, 4) is 0 Å². The Bertz CT molecular complexity index is 654. The van der Waals surface area contributed by atoms with E-state index in [1.54, 1.807) is 12.1 Å². The van der Waals surface area contributed by atoms with E-state index in [4.69, 9.17) is 0 Å². The molecule has 21 heavy (non-hydrogen) atoms. The molecule has 5 heteroatoms. The molecule has 0 spiro atoms. The highest BCUT2D eigenvalue weighted by atomic mass is 79.9. The number of amides is 2. The molecule has 108 valence electrons. The Labute approximate surface area is 130 Å². The van der Waals surface area contributed by atoms with Gasteiger partial charge in [-0.3, -0.25) is 19.3 Å². The maximum atomic E-state index is 12.7. The van der Waals surface area contributed by atoms with Crippen LogP contribution >= 0.6 is 15.9 Å². The largest absolute Gasteiger partial charge is 0.299 e. The van der Waals surface area contributed by atoms with Crippen LogP contribution in [0.2, 0.25) is 0 Å². The van der Waals surface area contributed by atoms with E-state index in [9.17, 15) is 14.4 Å². The highest BCUT2D eigenvalue weighted by Gasteiger charge is 2.60. The van der Waals surface area contributed by atoms with Gasteiger partial charge in [-0.15, -0.1) is 0 Å². The number of carbonyl (C=O) groups is 3. The van der Waals surface area contributed by atoms with Crippen LogP contribution in [0.3, 0.4) is 0 Å². The van der Waals surface area contributed by atoms with Gasteiger partial charge in [0.15, 0.2) is 0 Å². The van der Waals surface area contributed by atoms with E-state index in [0.717, 1.165) is 17.3 Å². The summed E-state index contributed by atoms with van der Waals surface area (Å²) in [5, 5.41) is 0. The number of halogens is 1. The molecule has 4 fully saturated rings. The molecule has 2 amide bonds. The summed E-state index contributed by atoms with van der Waals surface area (Å²) in [4.78, 5) is 38.8. The Kier molecular flexibility index (Phi) is 2.83. The summed E-state index contributed by atoms with van der Waals surface area (Å²) in [6.45, 7) is 0. The minimum atomic E-state index is -0.416. The summed E-state index contributed by atoms with van der Waals surface area (Å²) >= 11 is 3.35. The number of Topliss-reactive ketones (excluding diaryl/α,β-unsaturated/α-hetero) is 1. The van der Waals surface area contributed by atoms with E-state index in [-0.39, 0.29) is 35.4 Å². The van der Waals surface area contributed by atoms with Gasteiger partial charge < -0.3 is 0 Å². The van der Waals surface area contributed by atoms with Crippen molar-refractivity contribution >= 4 is 39.2 Å². The lowest BCUT2D eigenvalue weighted by Crippen LogP contribution is -2.46. The van der Waals surface area contributed by atoms with Crippen LogP contribution in [0.1, 0.15) is 19.3 Å². The second-order valence-corrected chi connectivity index (χ2v) is 7.07. The van der Waals surface area contributed by atoms with Gasteiger partial charge in [0, 0.05) is 16.8 Å². The Morgan fingerprint density at radius 3 is 2.29 bits per heavy atom. The average molecular weight is 348 g/mol. The highest BCUT2D eigenvalue weighted by molar-refractivity contribution is 9.10. The number of imide groups is 1. The van der Waals surface area contributed by atoms with Crippen LogP contribution in [0.25, 0.3) is 0 Å². The minimum absolute atomic E-state index is 0.0596. The summed E-state index contributed by atoms with van der Waals surface area (Å²) in [6, 6.07) is 7.16. The van der Waals surface area contributed by atoms with Gasteiger partial charge >= 0.3 is 0 Å². The molecule has 4 atom stereocenters. The number of anilines is 1. The Morgan fingerprint density at radius 1 is 0.952 bits per heavy atom. The molecule has 0 N–H and O–H groups in total. The first-order valence-electron chi connectivity index (χ1n) is 7.24. The summed E-state index contributed by atoms with van der Waals surface area (Å²) in [5.74, 6) is -1.00. The molecule has 4 aliphatic rings. The number of ketones is 1. The van der Waals surface area contributed by atoms with Crippen LogP contribution in [0, 0.1) is 23.7 Å². The molecule has 0 aromatic heterocycles. The van der Waals surface area contributed by atoms with Gasteiger partial charge in [0.25, 0.3) is 0 Å². The normalized spacial score (nSPS) is 34.5. The topological polar surface area (TPSA) is 54.5 Å². The minimum Gasteiger partial charge on any atom is -0.299 e. The van der Waals surface area contributed by atoms with Gasteiger partial charge in [0.05, 0.1) is 17.5 Å². The zero-order chi connectivity index (χ0) is 14.7. The van der Waals surface area contributed by atoms with Crippen molar-refractivity contribution in [2.45, 2.75) is 19.3 Å². The third kappa shape index (κ3) is 1.76. The summed E-state index contributed by atoms with van der Waals surface area (Å²) in [7, 11) is 0. The maximum absolute atomic E-state index is 12.7. The Hall–Kier alpha value is -1.49. The van der Waals surface area contributed by atoms with Crippen LogP contribution < -0.4 is 4.90 Å². The molecular formula is C16H14BrNO3. The molecule has 1 heterocycles. The molecule has 2 bridgehead atoms. The molecular weight excluding hydrogens is 334 g/mol. The number of rotatable bonds is 1. The molecule has 4 unspecified atom stereocenters. The van der Waals surface area contributed by atoms with Crippen molar-refractivity contribution in [3.63, 3.8) is 0 Å². The first kappa shape index (κ1) is 13.2. The lowest BCUT2D eigenvalue weighted by molar-refractivity contribution is -0.143. The van der Waals surface area contributed by atoms with Crippen LogP contribution in [0.5, 0.6) is 0 Å². The lowest BCUT2D eigenvalue weighted by atomic mass is 9.59. The zero-order valence-electron chi connectivity index (χ0n) is 11.3. The van der Waals surface area contributed by atoms with E-state index in [1.165, 1.54) is 4.90 Å². The van der Waals surface area contributed by atoms with Gasteiger partial charge in [-0.25, -0.2) is 0 Å². The van der Waals surface area contributed by atoms with Crippen molar-refractivity contribution in [3.05, 3.63) is 28.7 Å². The van der Waals surface area contributed by atoms with E-state index in [1.807, 2.05) is 12.1 Å². The van der Waals surface area contributed by atoms with Crippen molar-refractivity contribution in [2.24, 2.45) is 23.7 Å². The Morgan fingerprint density at radius 2 is 1.62 bits per heavy atom. The average Bonchev–Trinajstić information content (AvgIpc) is 2.74. The maximum Gasteiger partial charge on any atom is 0.238 e. The predicted octanol–water partition coefficient (Wildman–Crippen LogP) is 2.55. The first-order valence-corrected chi connectivity index (χ1v) is 8.03.